The highest BCUT2D eigenvalue weighted by Gasteiger charge is 2.31. The van der Waals surface area contributed by atoms with Crippen LogP contribution in [0.1, 0.15) is 55.7 Å². The SMILES string of the molecule is CCc1ccc(CNCC2(CC)CCCC2)s1. The summed E-state index contributed by atoms with van der Waals surface area (Å²) in [7, 11) is 0. The standard InChI is InChI=1S/C15H25NS/c1-3-13-7-8-14(17-13)11-16-12-15(4-2)9-5-6-10-15/h7-8,16H,3-6,9-12H2,1-2H3. The van der Waals surface area contributed by atoms with Crippen LogP contribution in [-0.4, -0.2) is 6.54 Å². The molecule has 1 aromatic heterocycles. The lowest BCUT2D eigenvalue weighted by molar-refractivity contribution is 0.268. The van der Waals surface area contributed by atoms with Crippen LogP contribution in [0.25, 0.3) is 0 Å². The molecule has 0 bridgehead atoms. The van der Waals surface area contributed by atoms with Gasteiger partial charge in [0.05, 0.1) is 0 Å². The molecular formula is C15H25NS. The summed E-state index contributed by atoms with van der Waals surface area (Å²) in [6.07, 6.45) is 8.25. The highest BCUT2D eigenvalue weighted by Crippen LogP contribution is 2.40. The number of rotatable bonds is 6. The van der Waals surface area contributed by atoms with E-state index in [0.717, 1.165) is 6.54 Å². The Morgan fingerprint density at radius 1 is 1.18 bits per heavy atom. The third-order valence-corrected chi connectivity index (χ3v) is 5.51. The van der Waals surface area contributed by atoms with Crippen LogP contribution in [0.15, 0.2) is 12.1 Å². The first-order chi connectivity index (χ1) is 8.28. The van der Waals surface area contributed by atoms with Crippen molar-refractivity contribution in [2.45, 2.75) is 58.9 Å². The van der Waals surface area contributed by atoms with E-state index in [9.17, 15) is 0 Å². The van der Waals surface area contributed by atoms with Crippen molar-refractivity contribution in [2.24, 2.45) is 5.41 Å². The summed E-state index contributed by atoms with van der Waals surface area (Å²) in [5, 5.41) is 3.68. The maximum absolute atomic E-state index is 3.68. The first-order valence-electron chi connectivity index (χ1n) is 7.06. The molecule has 0 unspecified atom stereocenters. The van der Waals surface area contributed by atoms with Crippen molar-refractivity contribution in [3.05, 3.63) is 21.9 Å². The van der Waals surface area contributed by atoms with Crippen LogP contribution in [0.4, 0.5) is 0 Å². The summed E-state index contributed by atoms with van der Waals surface area (Å²) < 4.78 is 0. The zero-order valence-electron chi connectivity index (χ0n) is 11.2. The number of aryl methyl sites for hydroxylation is 1. The fourth-order valence-corrected chi connectivity index (χ4v) is 3.87. The van der Waals surface area contributed by atoms with Gasteiger partial charge >= 0.3 is 0 Å². The molecule has 0 aliphatic heterocycles. The van der Waals surface area contributed by atoms with Crippen molar-refractivity contribution in [3.8, 4) is 0 Å². The Morgan fingerprint density at radius 2 is 1.88 bits per heavy atom. The van der Waals surface area contributed by atoms with Gasteiger partial charge < -0.3 is 5.32 Å². The first kappa shape index (κ1) is 13.1. The lowest BCUT2D eigenvalue weighted by Gasteiger charge is -2.27. The number of thiophene rings is 1. The van der Waals surface area contributed by atoms with Crippen molar-refractivity contribution in [1.29, 1.82) is 0 Å². The highest BCUT2D eigenvalue weighted by atomic mass is 32.1. The van der Waals surface area contributed by atoms with Crippen LogP contribution in [0.5, 0.6) is 0 Å². The molecule has 0 amide bonds. The first-order valence-corrected chi connectivity index (χ1v) is 7.88. The number of hydrogen-bond donors (Lipinski definition) is 1. The van der Waals surface area contributed by atoms with Gasteiger partial charge in [0.15, 0.2) is 0 Å². The summed E-state index contributed by atoms with van der Waals surface area (Å²) in [5.74, 6) is 0. The Morgan fingerprint density at radius 3 is 2.47 bits per heavy atom. The molecule has 1 fully saturated rings. The summed E-state index contributed by atoms with van der Waals surface area (Å²) in [6, 6.07) is 4.55. The summed E-state index contributed by atoms with van der Waals surface area (Å²) in [5.41, 5.74) is 0.616. The molecule has 1 nitrogen and oxygen atoms in total. The van der Waals surface area contributed by atoms with Crippen LogP contribution < -0.4 is 5.32 Å². The van der Waals surface area contributed by atoms with Gasteiger partial charge in [-0.1, -0.05) is 26.7 Å². The lowest BCUT2D eigenvalue weighted by Crippen LogP contribution is -2.31. The van der Waals surface area contributed by atoms with Crippen molar-refractivity contribution in [2.75, 3.05) is 6.54 Å². The van der Waals surface area contributed by atoms with Crippen molar-refractivity contribution in [3.63, 3.8) is 0 Å². The van der Waals surface area contributed by atoms with Crippen molar-refractivity contribution < 1.29 is 0 Å². The molecule has 0 aromatic carbocycles. The minimum absolute atomic E-state index is 0.616. The maximum atomic E-state index is 3.68. The van der Waals surface area contributed by atoms with E-state index < -0.39 is 0 Å². The highest BCUT2D eigenvalue weighted by molar-refractivity contribution is 7.11. The van der Waals surface area contributed by atoms with Crippen molar-refractivity contribution >= 4 is 11.3 Å². The molecule has 17 heavy (non-hydrogen) atoms. The van der Waals surface area contributed by atoms with E-state index in [2.05, 4.69) is 31.3 Å². The average molecular weight is 251 g/mol. The van der Waals surface area contributed by atoms with Crippen molar-refractivity contribution in [1.82, 2.24) is 5.32 Å². The fraction of sp³-hybridized carbons (Fsp3) is 0.733. The zero-order valence-corrected chi connectivity index (χ0v) is 12.0. The predicted octanol–water partition coefficient (Wildman–Crippen LogP) is 4.37. The van der Waals surface area contributed by atoms with Crippen LogP contribution in [0.2, 0.25) is 0 Å². The molecule has 2 rings (SSSR count). The average Bonchev–Trinajstić information content (AvgIpc) is 2.98. The van der Waals surface area contributed by atoms with Gasteiger partial charge in [-0.3, -0.25) is 0 Å². The van der Waals surface area contributed by atoms with Crippen LogP contribution in [0, 0.1) is 5.41 Å². The maximum Gasteiger partial charge on any atom is 0.0300 e. The van der Waals surface area contributed by atoms with Gasteiger partial charge in [-0.05, 0) is 43.2 Å². The number of nitrogens with one attached hydrogen (secondary N) is 1. The lowest BCUT2D eigenvalue weighted by atomic mass is 9.83. The minimum Gasteiger partial charge on any atom is -0.311 e. The summed E-state index contributed by atoms with van der Waals surface area (Å²) in [6.45, 7) is 6.86. The predicted molar refractivity (Wildman–Crippen MR) is 76.6 cm³/mol. The van der Waals surface area contributed by atoms with Crippen LogP contribution >= 0.6 is 11.3 Å². The molecule has 2 heteroatoms. The largest absolute Gasteiger partial charge is 0.311 e. The second-order valence-corrected chi connectivity index (χ2v) is 6.64. The van der Waals surface area contributed by atoms with E-state index in [4.69, 9.17) is 0 Å². The molecule has 0 atom stereocenters. The van der Waals surface area contributed by atoms with Gasteiger partial charge in [0.1, 0.15) is 0 Å². The zero-order chi connectivity index (χ0) is 12.1. The third-order valence-electron chi connectivity index (χ3n) is 4.28. The third kappa shape index (κ3) is 3.32. The molecular weight excluding hydrogens is 226 g/mol. The van der Waals surface area contributed by atoms with E-state index >= 15 is 0 Å². The molecule has 1 aliphatic rings. The Hall–Kier alpha value is -0.340. The molecule has 96 valence electrons. The van der Waals surface area contributed by atoms with E-state index in [1.165, 1.54) is 54.8 Å². The normalized spacial score (nSPS) is 18.7. The van der Waals surface area contributed by atoms with Crippen LogP contribution in [0.3, 0.4) is 0 Å². The Kier molecular flexibility index (Phi) is 4.63. The van der Waals surface area contributed by atoms with Gasteiger partial charge in [-0.25, -0.2) is 0 Å². The topological polar surface area (TPSA) is 12.0 Å². The Balaban J connectivity index is 1.78. The van der Waals surface area contributed by atoms with E-state index in [-0.39, 0.29) is 0 Å². The monoisotopic (exact) mass is 251 g/mol. The van der Waals surface area contributed by atoms with E-state index in [1.807, 2.05) is 11.3 Å². The smallest absolute Gasteiger partial charge is 0.0300 e. The molecule has 1 N–H and O–H groups in total. The molecule has 0 radical (unpaired) electrons. The molecule has 1 saturated carbocycles. The van der Waals surface area contributed by atoms with E-state index in [1.54, 1.807) is 0 Å². The van der Waals surface area contributed by atoms with Gasteiger partial charge in [0.25, 0.3) is 0 Å². The minimum atomic E-state index is 0.616. The van der Waals surface area contributed by atoms with Gasteiger partial charge in [-0.15, -0.1) is 11.3 Å². The summed E-state index contributed by atoms with van der Waals surface area (Å²) >= 11 is 1.96. The Labute approximate surface area is 110 Å². The second kappa shape index (κ2) is 6.01. The summed E-state index contributed by atoms with van der Waals surface area (Å²) in [4.78, 5) is 3.00. The molecule has 0 saturated heterocycles. The molecule has 0 spiro atoms. The molecule has 1 aliphatic carbocycles. The Bertz CT molecular complexity index is 336. The molecule has 1 heterocycles. The molecule has 1 aromatic rings. The quantitative estimate of drug-likeness (QED) is 0.791. The van der Waals surface area contributed by atoms with Gasteiger partial charge in [-0.2, -0.15) is 0 Å². The number of hydrogen-bond acceptors (Lipinski definition) is 2. The fourth-order valence-electron chi connectivity index (χ4n) is 2.94. The van der Waals surface area contributed by atoms with E-state index in [0.29, 0.717) is 5.41 Å². The van der Waals surface area contributed by atoms with Crippen LogP contribution in [-0.2, 0) is 13.0 Å². The second-order valence-electron chi connectivity index (χ2n) is 5.39. The van der Waals surface area contributed by atoms with Gasteiger partial charge in [0, 0.05) is 22.8 Å². The van der Waals surface area contributed by atoms with Gasteiger partial charge in [0.2, 0.25) is 0 Å².